The van der Waals surface area contributed by atoms with E-state index in [9.17, 15) is 14.0 Å². The van der Waals surface area contributed by atoms with Crippen molar-refractivity contribution in [2.75, 3.05) is 7.11 Å². The Morgan fingerprint density at radius 1 is 0.844 bits per heavy atom. The molecule has 0 bridgehead atoms. The zero-order valence-corrected chi connectivity index (χ0v) is 17.1. The van der Waals surface area contributed by atoms with Crippen LogP contribution in [0.3, 0.4) is 0 Å². The first-order valence-electron chi connectivity index (χ1n) is 9.72. The highest BCUT2D eigenvalue weighted by molar-refractivity contribution is 6.02. The first kappa shape index (κ1) is 20.8. The Morgan fingerprint density at radius 2 is 1.47 bits per heavy atom. The van der Waals surface area contributed by atoms with Crippen LogP contribution in [0.15, 0.2) is 85.1 Å². The van der Waals surface area contributed by atoms with Crippen molar-refractivity contribution >= 4 is 11.8 Å². The Hall–Kier alpha value is -4.46. The van der Waals surface area contributed by atoms with Crippen LogP contribution in [0.25, 0.3) is 16.9 Å². The van der Waals surface area contributed by atoms with Crippen LogP contribution in [-0.4, -0.2) is 28.7 Å². The molecule has 0 spiro atoms. The minimum Gasteiger partial charge on any atom is -0.496 e. The Labute approximate surface area is 183 Å². The van der Waals surface area contributed by atoms with Gasteiger partial charge in [0.2, 0.25) is 0 Å². The number of halogens is 1. The molecule has 1 aromatic heterocycles. The monoisotopic (exact) mass is 430 g/mol. The molecule has 0 radical (unpaired) electrons. The van der Waals surface area contributed by atoms with Crippen LogP contribution in [0.4, 0.5) is 4.39 Å². The van der Waals surface area contributed by atoms with Gasteiger partial charge in [-0.15, -0.1) is 0 Å². The molecule has 2 amide bonds. The second kappa shape index (κ2) is 9.13. The Balaban J connectivity index is 1.67. The van der Waals surface area contributed by atoms with Gasteiger partial charge in [-0.1, -0.05) is 42.5 Å². The van der Waals surface area contributed by atoms with Crippen LogP contribution in [0.5, 0.6) is 5.75 Å². The molecule has 0 aliphatic heterocycles. The van der Waals surface area contributed by atoms with Gasteiger partial charge in [0, 0.05) is 11.8 Å². The Kier molecular flexibility index (Phi) is 5.94. The predicted molar refractivity (Wildman–Crippen MR) is 117 cm³/mol. The lowest BCUT2D eigenvalue weighted by atomic mass is 10.1. The quantitative estimate of drug-likeness (QED) is 0.472. The number of nitrogens with zero attached hydrogens (tertiary/aromatic N) is 2. The van der Waals surface area contributed by atoms with Crippen molar-refractivity contribution < 1.29 is 18.7 Å². The Bertz CT molecular complexity index is 1270. The first-order valence-corrected chi connectivity index (χ1v) is 9.72. The van der Waals surface area contributed by atoms with E-state index in [2.05, 4.69) is 16.0 Å². The molecule has 1 heterocycles. The molecular weight excluding hydrogens is 411 g/mol. The van der Waals surface area contributed by atoms with Gasteiger partial charge in [-0.05, 0) is 36.4 Å². The van der Waals surface area contributed by atoms with Crippen molar-refractivity contribution in [3.63, 3.8) is 0 Å². The molecule has 8 heteroatoms. The van der Waals surface area contributed by atoms with Crippen LogP contribution in [0.1, 0.15) is 20.7 Å². The smallest absolute Gasteiger partial charge is 0.273 e. The third kappa shape index (κ3) is 4.20. The van der Waals surface area contributed by atoms with E-state index in [1.54, 1.807) is 29.1 Å². The van der Waals surface area contributed by atoms with Gasteiger partial charge >= 0.3 is 0 Å². The van der Waals surface area contributed by atoms with Crippen molar-refractivity contribution in [3.8, 4) is 22.7 Å². The first-order chi connectivity index (χ1) is 15.6. The molecule has 0 saturated carbocycles. The predicted octanol–water partition coefficient (Wildman–Crippen LogP) is 3.76. The van der Waals surface area contributed by atoms with Crippen molar-refractivity contribution in [1.29, 1.82) is 0 Å². The van der Waals surface area contributed by atoms with Crippen LogP contribution >= 0.6 is 0 Å². The molecule has 0 saturated heterocycles. The Morgan fingerprint density at radius 3 is 2.19 bits per heavy atom. The highest BCUT2D eigenvalue weighted by atomic mass is 19.1. The normalized spacial score (nSPS) is 10.4. The molecule has 0 aliphatic rings. The maximum absolute atomic E-state index is 13.8. The van der Waals surface area contributed by atoms with E-state index in [1.165, 1.54) is 31.4 Å². The number of hydrogen-bond donors (Lipinski definition) is 2. The number of carbonyl (C=O) groups excluding carboxylic acids is 2. The maximum Gasteiger partial charge on any atom is 0.273 e. The number of amides is 2. The summed E-state index contributed by atoms with van der Waals surface area (Å²) in [4.78, 5) is 25.3. The van der Waals surface area contributed by atoms with Gasteiger partial charge in [0.1, 0.15) is 17.3 Å². The van der Waals surface area contributed by atoms with Gasteiger partial charge in [0.25, 0.3) is 11.8 Å². The van der Waals surface area contributed by atoms with Crippen molar-refractivity contribution in [1.82, 2.24) is 20.6 Å². The maximum atomic E-state index is 13.8. The lowest BCUT2D eigenvalue weighted by molar-refractivity contribution is 0.0844. The number of aromatic nitrogens is 2. The average molecular weight is 430 g/mol. The molecule has 0 fully saturated rings. The van der Waals surface area contributed by atoms with E-state index in [0.29, 0.717) is 17.0 Å². The number of hydrazine groups is 1. The number of benzene rings is 3. The summed E-state index contributed by atoms with van der Waals surface area (Å²) < 4.78 is 20.8. The van der Waals surface area contributed by atoms with Gasteiger partial charge in [-0.3, -0.25) is 20.4 Å². The zero-order valence-electron chi connectivity index (χ0n) is 17.1. The fourth-order valence-electron chi connectivity index (χ4n) is 3.19. The second-order valence-electron chi connectivity index (χ2n) is 6.76. The van der Waals surface area contributed by atoms with Crippen LogP contribution in [-0.2, 0) is 0 Å². The highest BCUT2D eigenvalue weighted by Crippen LogP contribution is 2.31. The lowest BCUT2D eigenvalue weighted by Gasteiger charge is -2.09. The standard InChI is InChI=1S/C24H19FN4O3/c1-32-21-14-8-6-12-18(21)22-19(15-29(28-22)16-9-3-2-4-10-16)24(31)27-26-23(30)17-11-5-7-13-20(17)25/h2-15H,1H3,(H,26,30)(H,27,31). The van der Waals surface area contributed by atoms with Crippen LogP contribution in [0, 0.1) is 5.82 Å². The van der Waals surface area contributed by atoms with Crippen LogP contribution < -0.4 is 15.6 Å². The largest absolute Gasteiger partial charge is 0.496 e. The van der Waals surface area contributed by atoms with Gasteiger partial charge < -0.3 is 4.74 Å². The number of nitrogens with one attached hydrogen (secondary N) is 2. The van der Waals surface area contributed by atoms with Gasteiger partial charge in [0.05, 0.1) is 23.9 Å². The number of para-hydroxylation sites is 2. The molecule has 4 aromatic rings. The summed E-state index contributed by atoms with van der Waals surface area (Å²) in [6, 6.07) is 21.9. The molecule has 0 atom stereocenters. The summed E-state index contributed by atoms with van der Waals surface area (Å²) >= 11 is 0. The van der Waals surface area contributed by atoms with Gasteiger partial charge in [-0.25, -0.2) is 9.07 Å². The summed E-state index contributed by atoms with van der Waals surface area (Å²) in [6.45, 7) is 0. The molecule has 3 aromatic carbocycles. The van der Waals surface area contributed by atoms with E-state index in [0.717, 1.165) is 5.69 Å². The molecular formula is C24H19FN4O3. The average Bonchev–Trinajstić information content (AvgIpc) is 3.28. The molecule has 7 nitrogen and oxygen atoms in total. The van der Waals surface area contributed by atoms with Crippen molar-refractivity contribution in [2.24, 2.45) is 0 Å². The van der Waals surface area contributed by atoms with E-state index in [4.69, 9.17) is 4.74 Å². The minimum atomic E-state index is -0.772. The van der Waals surface area contributed by atoms with Crippen LogP contribution in [0.2, 0.25) is 0 Å². The number of hydrogen-bond acceptors (Lipinski definition) is 4. The number of rotatable bonds is 5. The van der Waals surface area contributed by atoms with E-state index < -0.39 is 17.6 Å². The molecule has 32 heavy (non-hydrogen) atoms. The summed E-state index contributed by atoms with van der Waals surface area (Å²) in [5.74, 6) is -1.54. The zero-order chi connectivity index (χ0) is 22.5. The van der Waals surface area contributed by atoms with E-state index >= 15 is 0 Å². The van der Waals surface area contributed by atoms with Gasteiger partial charge in [-0.2, -0.15) is 5.10 Å². The van der Waals surface area contributed by atoms with Crippen molar-refractivity contribution in [3.05, 3.63) is 102 Å². The fraction of sp³-hybridized carbons (Fsp3) is 0.0417. The highest BCUT2D eigenvalue weighted by Gasteiger charge is 2.22. The number of ether oxygens (including phenoxy) is 1. The third-order valence-electron chi connectivity index (χ3n) is 4.75. The summed E-state index contributed by atoms with van der Waals surface area (Å²) in [6.07, 6.45) is 1.56. The van der Waals surface area contributed by atoms with Crippen molar-refractivity contribution in [2.45, 2.75) is 0 Å². The minimum absolute atomic E-state index is 0.183. The van der Waals surface area contributed by atoms with Gasteiger partial charge in [0.15, 0.2) is 0 Å². The molecule has 4 rings (SSSR count). The topological polar surface area (TPSA) is 85.2 Å². The van der Waals surface area contributed by atoms with E-state index in [1.807, 2.05) is 36.4 Å². The number of methoxy groups -OCH3 is 1. The summed E-state index contributed by atoms with van der Waals surface area (Å²) in [7, 11) is 1.53. The summed E-state index contributed by atoms with van der Waals surface area (Å²) in [5.41, 5.74) is 6.32. The molecule has 2 N–H and O–H groups in total. The third-order valence-corrected chi connectivity index (χ3v) is 4.75. The second-order valence-corrected chi connectivity index (χ2v) is 6.76. The lowest BCUT2D eigenvalue weighted by Crippen LogP contribution is -2.42. The fourth-order valence-corrected chi connectivity index (χ4v) is 3.19. The summed E-state index contributed by atoms with van der Waals surface area (Å²) in [5, 5.41) is 4.58. The number of carbonyl (C=O) groups is 2. The molecule has 0 unspecified atom stereocenters. The molecule has 0 aliphatic carbocycles. The molecule has 160 valence electrons. The van der Waals surface area contributed by atoms with E-state index in [-0.39, 0.29) is 11.1 Å². The SMILES string of the molecule is COc1ccccc1-c1nn(-c2ccccc2)cc1C(=O)NNC(=O)c1ccccc1F.